The van der Waals surface area contributed by atoms with E-state index >= 15 is 0 Å². The number of rotatable bonds is 10. The Labute approximate surface area is 122 Å². The quantitative estimate of drug-likeness (QED) is 0.530. The third-order valence-electron chi connectivity index (χ3n) is 2.02. The molecule has 0 atom stereocenters. The second-order valence-electron chi connectivity index (χ2n) is 3.91. The maximum absolute atomic E-state index is 5.47. The van der Waals surface area contributed by atoms with E-state index in [1.54, 1.807) is 34.9 Å². The van der Waals surface area contributed by atoms with Gasteiger partial charge in [0.25, 0.3) is 0 Å². The van der Waals surface area contributed by atoms with Crippen molar-refractivity contribution in [1.82, 2.24) is 15.5 Å². The van der Waals surface area contributed by atoms with Gasteiger partial charge < -0.3 is 10.1 Å². The van der Waals surface area contributed by atoms with Crippen LogP contribution in [0.1, 0.15) is 20.3 Å². The van der Waals surface area contributed by atoms with Crippen LogP contribution in [0.5, 0.6) is 0 Å². The molecule has 0 bridgehead atoms. The number of thioether (sulfide) groups is 2. The zero-order valence-electron chi connectivity index (χ0n) is 11.1. The first kappa shape index (κ1) is 16.2. The molecular weight excluding hydrogens is 286 g/mol. The largest absolute Gasteiger partial charge is 0.379 e. The summed E-state index contributed by atoms with van der Waals surface area (Å²) in [6.07, 6.45) is 3.43. The first-order chi connectivity index (χ1) is 8.72. The highest BCUT2D eigenvalue weighted by Crippen LogP contribution is 2.26. The van der Waals surface area contributed by atoms with E-state index in [-0.39, 0.29) is 0 Å². The molecule has 104 valence electrons. The minimum absolute atomic E-state index is 0.337. The Kier molecular flexibility index (Phi) is 9.04. The summed E-state index contributed by atoms with van der Waals surface area (Å²) in [5.41, 5.74) is 0. The topological polar surface area (TPSA) is 47.0 Å². The van der Waals surface area contributed by atoms with Gasteiger partial charge in [-0.3, -0.25) is 0 Å². The molecule has 0 saturated carbocycles. The second kappa shape index (κ2) is 10.0. The van der Waals surface area contributed by atoms with Gasteiger partial charge in [0.05, 0.1) is 6.10 Å². The molecule has 1 aromatic heterocycles. The van der Waals surface area contributed by atoms with Gasteiger partial charge in [-0.25, -0.2) is 0 Å². The molecule has 1 aromatic rings. The van der Waals surface area contributed by atoms with Gasteiger partial charge >= 0.3 is 0 Å². The monoisotopic (exact) mass is 307 g/mol. The van der Waals surface area contributed by atoms with E-state index in [0.29, 0.717) is 6.10 Å². The van der Waals surface area contributed by atoms with Gasteiger partial charge in [-0.15, -0.1) is 10.2 Å². The minimum Gasteiger partial charge on any atom is -0.379 e. The van der Waals surface area contributed by atoms with Crippen LogP contribution in [0.15, 0.2) is 8.68 Å². The Hall–Kier alpha value is 0.180. The molecule has 0 aliphatic carbocycles. The summed E-state index contributed by atoms with van der Waals surface area (Å²) in [5, 5.41) is 11.6. The van der Waals surface area contributed by atoms with E-state index in [1.807, 2.05) is 6.26 Å². The van der Waals surface area contributed by atoms with Crippen molar-refractivity contribution in [2.45, 2.75) is 35.1 Å². The maximum Gasteiger partial charge on any atom is 0.175 e. The van der Waals surface area contributed by atoms with E-state index in [2.05, 4.69) is 29.4 Å². The Morgan fingerprint density at radius 2 is 2.06 bits per heavy atom. The predicted molar refractivity (Wildman–Crippen MR) is 81.0 cm³/mol. The highest BCUT2D eigenvalue weighted by molar-refractivity contribution is 8.02. The summed E-state index contributed by atoms with van der Waals surface area (Å²) in [6, 6.07) is 0. The molecule has 0 aliphatic rings. The fourth-order valence-corrected chi connectivity index (χ4v) is 3.60. The highest BCUT2D eigenvalue weighted by atomic mass is 32.2. The summed E-state index contributed by atoms with van der Waals surface area (Å²) in [7, 11) is 0. The van der Waals surface area contributed by atoms with Crippen molar-refractivity contribution < 1.29 is 4.74 Å². The van der Waals surface area contributed by atoms with Crippen molar-refractivity contribution in [3.63, 3.8) is 0 Å². The first-order valence-electron chi connectivity index (χ1n) is 6.05. The van der Waals surface area contributed by atoms with E-state index in [1.165, 1.54) is 0 Å². The summed E-state index contributed by atoms with van der Waals surface area (Å²) in [4.78, 5) is 0. The Morgan fingerprint density at radius 1 is 1.28 bits per heavy atom. The Bertz CT molecular complexity index is 320. The number of hydrogen-bond donors (Lipinski definition) is 1. The molecule has 0 amide bonds. The average Bonchev–Trinajstić information content (AvgIpc) is 2.80. The zero-order valence-corrected chi connectivity index (χ0v) is 13.6. The number of ether oxygens (including phenoxy) is 1. The molecule has 1 N–H and O–H groups in total. The van der Waals surface area contributed by atoms with Gasteiger partial charge in [0.15, 0.2) is 8.68 Å². The summed E-state index contributed by atoms with van der Waals surface area (Å²) >= 11 is 5.07. The zero-order chi connectivity index (χ0) is 13.2. The number of nitrogens with zero attached hydrogens (tertiary/aromatic N) is 2. The van der Waals surface area contributed by atoms with Gasteiger partial charge in [0.1, 0.15) is 0 Å². The molecule has 0 saturated heterocycles. The van der Waals surface area contributed by atoms with Crippen LogP contribution < -0.4 is 5.32 Å². The van der Waals surface area contributed by atoms with Crippen LogP contribution in [0.25, 0.3) is 0 Å². The molecular formula is C11H21N3OS3. The van der Waals surface area contributed by atoms with Crippen molar-refractivity contribution >= 4 is 34.9 Å². The molecule has 1 heterocycles. The van der Waals surface area contributed by atoms with E-state index in [0.717, 1.165) is 40.5 Å². The minimum atomic E-state index is 0.337. The summed E-state index contributed by atoms with van der Waals surface area (Å²) < 4.78 is 7.57. The van der Waals surface area contributed by atoms with E-state index in [4.69, 9.17) is 4.74 Å². The number of nitrogens with one attached hydrogen (secondary N) is 1. The van der Waals surface area contributed by atoms with Crippen LogP contribution in [0, 0.1) is 0 Å². The lowest BCUT2D eigenvalue weighted by Gasteiger charge is -2.07. The highest BCUT2D eigenvalue weighted by Gasteiger charge is 2.02. The van der Waals surface area contributed by atoms with Gasteiger partial charge in [-0.05, 0) is 33.1 Å². The fourth-order valence-electron chi connectivity index (χ4n) is 1.19. The molecule has 0 unspecified atom stereocenters. The van der Waals surface area contributed by atoms with Crippen molar-refractivity contribution in [3.8, 4) is 0 Å². The van der Waals surface area contributed by atoms with Gasteiger partial charge in [-0.2, -0.15) is 0 Å². The molecule has 4 nitrogen and oxygen atoms in total. The maximum atomic E-state index is 5.47. The van der Waals surface area contributed by atoms with Gasteiger partial charge in [0, 0.05) is 18.9 Å². The average molecular weight is 308 g/mol. The normalized spacial score (nSPS) is 11.3. The Morgan fingerprint density at radius 3 is 2.72 bits per heavy atom. The lowest BCUT2D eigenvalue weighted by atomic mass is 10.4. The molecule has 7 heteroatoms. The van der Waals surface area contributed by atoms with Crippen molar-refractivity contribution in [2.24, 2.45) is 0 Å². The number of aromatic nitrogens is 2. The standard InChI is InChI=1S/C11H21N3OS3/c1-9(2)15-7-4-5-12-6-8-17-11-14-13-10(16-3)18-11/h9,12H,4-8H2,1-3H3. The lowest BCUT2D eigenvalue weighted by molar-refractivity contribution is 0.0772. The van der Waals surface area contributed by atoms with Gasteiger partial charge in [0.2, 0.25) is 0 Å². The molecule has 1 rings (SSSR count). The van der Waals surface area contributed by atoms with Crippen LogP contribution >= 0.6 is 34.9 Å². The van der Waals surface area contributed by atoms with Crippen LogP contribution in [-0.4, -0.2) is 48.0 Å². The van der Waals surface area contributed by atoms with Crippen LogP contribution in [-0.2, 0) is 4.74 Å². The molecule has 0 radical (unpaired) electrons. The third kappa shape index (κ3) is 7.58. The van der Waals surface area contributed by atoms with Crippen molar-refractivity contribution in [3.05, 3.63) is 0 Å². The molecule has 0 spiro atoms. The van der Waals surface area contributed by atoms with Crippen LogP contribution in [0.3, 0.4) is 0 Å². The first-order valence-corrected chi connectivity index (χ1v) is 9.07. The number of hydrogen-bond acceptors (Lipinski definition) is 7. The molecule has 0 aliphatic heterocycles. The predicted octanol–water partition coefficient (Wildman–Crippen LogP) is 2.76. The van der Waals surface area contributed by atoms with Gasteiger partial charge in [-0.1, -0.05) is 34.9 Å². The van der Waals surface area contributed by atoms with Crippen molar-refractivity contribution in [1.29, 1.82) is 0 Å². The smallest absolute Gasteiger partial charge is 0.175 e. The van der Waals surface area contributed by atoms with E-state index < -0.39 is 0 Å². The second-order valence-corrected chi connectivity index (χ2v) is 7.28. The van der Waals surface area contributed by atoms with Crippen LogP contribution in [0.2, 0.25) is 0 Å². The molecule has 0 aromatic carbocycles. The van der Waals surface area contributed by atoms with E-state index in [9.17, 15) is 0 Å². The SMILES string of the molecule is CSc1nnc(SCCNCCCOC(C)C)s1. The fraction of sp³-hybridized carbons (Fsp3) is 0.818. The third-order valence-corrected chi connectivity index (χ3v) is 5.05. The molecule has 18 heavy (non-hydrogen) atoms. The van der Waals surface area contributed by atoms with Crippen LogP contribution in [0.4, 0.5) is 0 Å². The Balaban J connectivity index is 1.92. The van der Waals surface area contributed by atoms with Crippen molar-refractivity contribution in [2.75, 3.05) is 31.7 Å². The molecule has 0 fully saturated rings. The lowest BCUT2D eigenvalue weighted by Crippen LogP contribution is -2.20. The summed E-state index contributed by atoms with van der Waals surface area (Å²) in [5.74, 6) is 1.04. The summed E-state index contributed by atoms with van der Waals surface area (Å²) in [6.45, 7) is 6.98.